The average Bonchev–Trinajstić information content (AvgIpc) is 2.91. The maximum atomic E-state index is 12.1. The van der Waals surface area contributed by atoms with E-state index >= 15 is 0 Å². The number of hydrogen-bond donors (Lipinski definition) is 2. The van der Waals surface area contributed by atoms with Crippen LogP contribution in [0.5, 0.6) is 0 Å². The van der Waals surface area contributed by atoms with E-state index < -0.39 is 0 Å². The number of aryl methyl sites for hydroxylation is 1. The van der Waals surface area contributed by atoms with Gasteiger partial charge in [0.15, 0.2) is 0 Å². The highest BCUT2D eigenvalue weighted by atomic mass is 32.1. The lowest BCUT2D eigenvalue weighted by atomic mass is 9.94. The van der Waals surface area contributed by atoms with Crippen molar-refractivity contribution >= 4 is 17.2 Å². The first kappa shape index (κ1) is 16.5. The van der Waals surface area contributed by atoms with Gasteiger partial charge in [0.1, 0.15) is 0 Å². The molecule has 0 bridgehead atoms. The van der Waals surface area contributed by atoms with Crippen molar-refractivity contribution in [3.63, 3.8) is 0 Å². The van der Waals surface area contributed by atoms with E-state index in [0.29, 0.717) is 25.7 Å². The Labute approximate surface area is 131 Å². The monoisotopic (exact) mass is 310 g/mol. The topological polar surface area (TPSA) is 52.6 Å². The van der Waals surface area contributed by atoms with Gasteiger partial charge in [-0.3, -0.25) is 9.69 Å². The normalized spacial score (nSPS) is 16.3. The van der Waals surface area contributed by atoms with Crippen LogP contribution in [-0.2, 0) is 11.3 Å². The molecule has 2 N–H and O–H groups in total. The first-order valence-electron chi connectivity index (χ1n) is 7.86. The Bertz CT molecular complexity index is 441. The molecule has 1 saturated carbocycles. The standard InChI is InChI=1S/C16H26N2O2S/c1-13-7-8-15(21-13)11-17-16(20)12-18(9-10-19)14-5-3-2-4-6-14/h7-8,14,19H,2-6,9-12H2,1H3,(H,17,20). The van der Waals surface area contributed by atoms with E-state index in [2.05, 4.69) is 29.3 Å². The maximum absolute atomic E-state index is 12.1. The number of nitrogens with zero attached hydrogens (tertiary/aromatic N) is 1. The number of carbonyl (C=O) groups is 1. The third-order valence-corrected chi connectivity index (χ3v) is 5.08. The molecule has 1 aromatic heterocycles. The molecule has 118 valence electrons. The number of rotatable bonds is 7. The molecule has 0 atom stereocenters. The van der Waals surface area contributed by atoms with E-state index in [4.69, 9.17) is 0 Å². The second-order valence-electron chi connectivity index (χ2n) is 5.78. The summed E-state index contributed by atoms with van der Waals surface area (Å²) < 4.78 is 0. The lowest BCUT2D eigenvalue weighted by Crippen LogP contribution is -2.44. The smallest absolute Gasteiger partial charge is 0.234 e. The van der Waals surface area contributed by atoms with E-state index in [9.17, 15) is 9.90 Å². The van der Waals surface area contributed by atoms with Crippen molar-refractivity contribution in [1.82, 2.24) is 10.2 Å². The van der Waals surface area contributed by atoms with E-state index in [1.165, 1.54) is 29.0 Å². The van der Waals surface area contributed by atoms with Crippen LogP contribution in [0.1, 0.15) is 41.9 Å². The fourth-order valence-electron chi connectivity index (χ4n) is 2.97. The van der Waals surface area contributed by atoms with Gasteiger partial charge in [-0.1, -0.05) is 19.3 Å². The predicted molar refractivity (Wildman–Crippen MR) is 86.4 cm³/mol. The Morgan fingerprint density at radius 3 is 2.76 bits per heavy atom. The third kappa shape index (κ3) is 5.41. The third-order valence-electron chi connectivity index (χ3n) is 4.08. The van der Waals surface area contributed by atoms with Crippen molar-refractivity contribution in [2.45, 2.75) is 51.6 Å². The van der Waals surface area contributed by atoms with Gasteiger partial charge in [-0.15, -0.1) is 11.3 Å². The van der Waals surface area contributed by atoms with Gasteiger partial charge in [0.25, 0.3) is 0 Å². The molecule has 0 saturated heterocycles. The van der Waals surface area contributed by atoms with Crippen molar-refractivity contribution in [3.05, 3.63) is 21.9 Å². The summed E-state index contributed by atoms with van der Waals surface area (Å²) in [5.41, 5.74) is 0. The fraction of sp³-hybridized carbons (Fsp3) is 0.688. The molecule has 5 heteroatoms. The summed E-state index contributed by atoms with van der Waals surface area (Å²) >= 11 is 1.72. The molecule has 1 amide bonds. The zero-order chi connectivity index (χ0) is 15.1. The summed E-state index contributed by atoms with van der Waals surface area (Å²) in [4.78, 5) is 16.7. The van der Waals surface area contributed by atoms with Crippen LogP contribution < -0.4 is 5.32 Å². The number of thiophene rings is 1. The summed E-state index contributed by atoms with van der Waals surface area (Å²) in [7, 11) is 0. The molecule has 4 nitrogen and oxygen atoms in total. The van der Waals surface area contributed by atoms with Crippen LogP contribution in [0.25, 0.3) is 0 Å². The number of amides is 1. The van der Waals surface area contributed by atoms with Crippen molar-refractivity contribution < 1.29 is 9.90 Å². The Hall–Kier alpha value is -0.910. The van der Waals surface area contributed by atoms with Gasteiger partial charge >= 0.3 is 0 Å². The number of aliphatic hydroxyl groups excluding tert-OH is 1. The van der Waals surface area contributed by atoms with Crippen molar-refractivity contribution in [3.8, 4) is 0 Å². The number of aliphatic hydroxyl groups is 1. The van der Waals surface area contributed by atoms with Gasteiger partial charge in [0, 0.05) is 22.3 Å². The van der Waals surface area contributed by atoms with Crippen LogP contribution in [0, 0.1) is 6.92 Å². The van der Waals surface area contributed by atoms with Crippen LogP contribution in [0.4, 0.5) is 0 Å². The van der Waals surface area contributed by atoms with Crippen molar-refractivity contribution in [2.24, 2.45) is 0 Å². The quantitative estimate of drug-likeness (QED) is 0.812. The Morgan fingerprint density at radius 1 is 1.38 bits per heavy atom. The summed E-state index contributed by atoms with van der Waals surface area (Å²) in [5.74, 6) is 0.0556. The average molecular weight is 310 g/mol. The molecule has 1 aromatic rings. The molecule has 0 aromatic carbocycles. The largest absolute Gasteiger partial charge is 0.395 e. The Balaban J connectivity index is 1.79. The highest BCUT2D eigenvalue weighted by Crippen LogP contribution is 2.22. The van der Waals surface area contributed by atoms with E-state index in [-0.39, 0.29) is 12.5 Å². The van der Waals surface area contributed by atoms with Crippen LogP contribution in [0.15, 0.2) is 12.1 Å². The first-order valence-corrected chi connectivity index (χ1v) is 8.67. The summed E-state index contributed by atoms with van der Waals surface area (Å²) in [5, 5.41) is 12.2. The summed E-state index contributed by atoms with van der Waals surface area (Å²) in [6.07, 6.45) is 6.08. The minimum Gasteiger partial charge on any atom is -0.395 e. The second-order valence-corrected chi connectivity index (χ2v) is 7.15. The molecule has 0 aliphatic heterocycles. The molecular weight excluding hydrogens is 284 g/mol. The van der Waals surface area contributed by atoms with Crippen LogP contribution in [0.3, 0.4) is 0 Å². The van der Waals surface area contributed by atoms with E-state index in [1.807, 2.05) is 0 Å². The van der Waals surface area contributed by atoms with Crippen LogP contribution in [0.2, 0.25) is 0 Å². The fourth-order valence-corrected chi connectivity index (χ4v) is 3.80. The molecule has 0 spiro atoms. The highest BCUT2D eigenvalue weighted by Gasteiger charge is 2.22. The van der Waals surface area contributed by atoms with Crippen molar-refractivity contribution in [2.75, 3.05) is 19.7 Å². The summed E-state index contributed by atoms with van der Waals surface area (Å²) in [6.45, 7) is 3.79. The zero-order valence-electron chi connectivity index (χ0n) is 12.8. The minimum atomic E-state index is 0.0556. The van der Waals surface area contributed by atoms with Crippen molar-refractivity contribution in [1.29, 1.82) is 0 Å². The molecule has 0 radical (unpaired) electrons. The van der Waals surface area contributed by atoms with Gasteiger partial charge in [-0.2, -0.15) is 0 Å². The summed E-state index contributed by atoms with van der Waals surface area (Å²) in [6, 6.07) is 4.60. The van der Waals surface area contributed by atoms with E-state index in [0.717, 1.165) is 12.8 Å². The molecule has 1 heterocycles. The Kier molecular flexibility index (Phi) is 6.67. The maximum Gasteiger partial charge on any atom is 0.234 e. The molecule has 1 aliphatic rings. The molecule has 2 rings (SSSR count). The second kappa shape index (κ2) is 8.51. The number of hydrogen-bond acceptors (Lipinski definition) is 4. The van der Waals surface area contributed by atoms with Crippen LogP contribution >= 0.6 is 11.3 Å². The van der Waals surface area contributed by atoms with Gasteiger partial charge < -0.3 is 10.4 Å². The van der Waals surface area contributed by atoms with Gasteiger partial charge in [0.2, 0.25) is 5.91 Å². The molecule has 21 heavy (non-hydrogen) atoms. The first-order chi connectivity index (χ1) is 10.2. The van der Waals surface area contributed by atoms with Gasteiger partial charge in [-0.05, 0) is 31.9 Å². The van der Waals surface area contributed by atoms with Gasteiger partial charge in [0.05, 0.1) is 19.7 Å². The predicted octanol–water partition coefficient (Wildman–Crippen LogP) is 2.30. The van der Waals surface area contributed by atoms with E-state index in [1.54, 1.807) is 11.3 Å². The SMILES string of the molecule is Cc1ccc(CNC(=O)CN(CCO)C2CCCCC2)s1. The minimum absolute atomic E-state index is 0.0556. The Morgan fingerprint density at radius 2 is 2.14 bits per heavy atom. The lowest BCUT2D eigenvalue weighted by Gasteiger charge is -2.33. The number of nitrogens with one attached hydrogen (secondary N) is 1. The number of carbonyl (C=O) groups excluding carboxylic acids is 1. The van der Waals surface area contributed by atoms with Crippen LogP contribution in [-0.4, -0.2) is 41.7 Å². The molecule has 1 aliphatic carbocycles. The lowest BCUT2D eigenvalue weighted by molar-refractivity contribution is -0.123. The highest BCUT2D eigenvalue weighted by molar-refractivity contribution is 7.11. The van der Waals surface area contributed by atoms with Gasteiger partial charge in [-0.25, -0.2) is 0 Å². The molecular formula is C16H26N2O2S. The zero-order valence-corrected chi connectivity index (χ0v) is 13.6. The molecule has 1 fully saturated rings. The molecule has 0 unspecified atom stereocenters.